The lowest BCUT2D eigenvalue weighted by molar-refractivity contribution is 0.129. The van der Waals surface area contributed by atoms with Crippen LogP contribution >= 0.6 is 7.60 Å². The van der Waals surface area contributed by atoms with Gasteiger partial charge in [0.1, 0.15) is 16.5 Å². The molecule has 0 aliphatic heterocycles. The fourth-order valence-electron chi connectivity index (χ4n) is 1.86. The Labute approximate surface area is 140 Å². The minimum absolute atomic E-state index is 0.431. The van der Waals surface area contributed by atoms with Gasteiger partial charge in [-0.05, 0) is 46.8 Å². The first-order chi connectivity index (χ1) is 10.9. The molecular formula is C14H21F2O6PS. The van der Waals surface area contributed by atoms with E-state index in [9.17, 15) is 21.8 Å². The molecule has 0 aromatic heterocycles. The van der Waals surface area contributed by atoms with Gasteiger partial charge < -0.3 is 9.05 Å². The average molecular weight is 386 g/mol. The Morgan fingerprint density at radius 2 is 1.50 bits per heavy atom. The Morgan fingerprint density at radius 3 is 1.96 bits per heavy atom. The first kappa shape index (κ1) is 21.2. The van der Waals surface area contributed by atoms with Gasteiger partial charge in [0, 0.05) is 5.56 Å². The maximum atomic E-state index is 13.8. The maximum absolute atomic E-state index is 13.8. The van der Waals surface area contributed by atoms with Crippen molar-refractivity contribution in [3.63, 3.8) is 0 Å². The van der Waals surface area contributed by atoms with Crippen molar-refractivity contribution < 1.29 is 35.0 Å². The van der Waals surface area contributed by atoms with Gasteiger partial charge in [-0.1, -0.05) is 0 Å². The van der Waals surface area contributed by atoms with Crippen molar-refractivity contribution in [3.05, 3.63) is 29.3 Å². The second kappa shape index (κ2) is 8.01. The van der Waals surface area contributed by atoms with Crippen LogP contribution in [0.5, 0.6) is 0 Å². The second-order valence-corrected chi connectivity index (χ2v) is 9.06. The third-order valence-electron chi connectivity index (χ3n) is 2.65. The van der Waals surface area contributed by atoms with Crippen molar-refractivity contribution in [3.8, 4) is 0 Å². The molecule has 0 N–H and O–H groups in total. The molecular weight excluding hydrogens is 365 g/mol. The smallest absolute Gasteiger partial charge is 0.304 e. The fraction of sp³-hybridized carbons (Fsp3) is 0.571. The zero-order chi connectivity index (χ0) is 18.7. The molecule has 0 radical (unpaired) electrons. The summed E-state index contributed by atoms with van der Waals surface area (Å²) in [5.41, 5.74) is -0.431. The number of benzene rings is 1. The van der Waals surface area contributed by atoms with Crippen LogP contribution in [0.4, 0.5) is 8.78 Å². The largest absolute Gasteiger partial charge is 0.358 e. The number of rotatable bonds is 8. The summed E-state index contributed by atoms with van der Waals surface area (Å²) in [4.78, 5) is -0.942. The van der Waals surface area contributed by atoms with E-state index in [4.69, 9.17) is 9.05 Å². The number of halogens is 2. The third-order valence-corrected chi connectivity index (χ3v) is 6.19. The molecule has 0 unspecified atom stereocenters. The van der Waals surface area contributed by atoms with Crippen molar-refractivity contribution in [2.45, 2.75) is 51.7 Å². The molecule has 1 aromatic carbocycles. The van der Waals surface area contributed by atoms with Crippen LogP contribution in [-0.4, -0.2) is 27.0 Å². The minimum atomic E-state index is -4.70. The molecule has 0 aliphatic rings. The van der Waals surface area contributed by atoms with Crippen molar-refractivity contribution in [1.82, 2.24) is 0 Å². The molecule has 0 saturated heterocycles. The van der Waals surface area contributed by atoms with Crippen molar-refractivity contribution in [2.24, 2.45) is 0 Å². The molecule has 0 heterocycles. The Balaban J connectivity index is 3.10. The molecule has 138 valence electrons. The van der Waals surface area contributed by atoms with Gasteiger partial charge in [0.2, 0.25) is 0 Å². The molecule has 0 fully saturated rings. The number of hydrogen-bond acceptors (Lipinski definition) is 6. The molecule has 0 bridgehead atoms. The Kier molecular flexibility index (Phi) is 7.07. The lowest BCUT2D eigenvalue weighted by Crippen LogP contribution is -2.16. The van der Waals surface area contributed by atoms with E-state index in [2.05, 4.69) is 4.18 Å². The van der Waals surface area contributed by atoms with E-state index >= 15 is 0 Å². The zero-order valence-electron chi connectivity index (χ0n) is 14.1. The molecule has 1 rings (SSSR count). The van der Waals surface area contributed by atoms with Crippen LogP contribution < -0.4 is 0 Å². The highest BCUT2D eigenvalue weighted by molar-refractivity contribution is 7.87. The van der Waals surface area contributed by atoms with E-state index in [1.54, 1.807) is 27.7 Å². The average Bonchev–Trinajstić information content (AvgIpc) is 2.39. The second-order valence-electron chi connectivity index (χ2n) is 5.60. The van der Waals surface area contributed by atoms with E-state index in [0.29, 0.717) is 6.07 Å². The van der Waals surface area contributed by atoms with Gasteiger partial charge in [-0.15, -0.1) is 0 Å². The highest BCUT2D eigenvalue weighted by Gasteiger charge is 2.33. The Hall–Kier alpha value is -0.860. The van der Waals surface area contributed by atoms with Crippen molar-refractivity contribution in [2.75, 3.05) is 6.35 Å². The molecule has 0 saturated carbocycles. The minimum Gasteiger partial charge on any atom is -0.304 e. The summed E-state index contributed by atoms with van der Waals surface area (Å²) in [6.45, 7) is 7.44. The molecule has 6 nitrogen and oxygen atoms in total. The third kappa shape index (κ3) is 5.60. The van der Waals surface area contributed by atoms with E-state index < -0.39 is 58.4 Å². The summed E-state index contributed by atoms with van der Waals surface area (Å²) in [5, 5.41) is 0. The summed E-state index contributed by atoms with van der Waals surface area (Å²) >= 11 is 0. The van der Waals surface area contributed by atoms with Gasteiger partial charge in [0.25, 0.3) is 0 Å². The summed E-state index contributed by atoms with van der Waals surface area (Å²) in [5.74, 6) is -2.07. The molecule has 0 spiro atoms. The quantitative estimate of drug-likeness (QED) is 0.497. The normalized spacial score (nSPS) is 13.0. The van der Waals surface area contributed by atoms with E-state index in [1.165, 1.54) is 0 Å². The van der Waals surface area contributed by atoms with Crippen LogP contribution in [0.1, 0.15) is 33.3 Å². The van der Waals surface area contributed by atoms with E-state index in [0.717, 1.165) is 13.0 Å². The maximum Gasteiger partial charge on any atom is 0.358 e. The van der Waals surface area contributed by atoms with Gasteiger partial charge in [0.15, 0.2) is 6.35 Å². The molecule has 0 aliphatic carbocycles. The number of hydrogen-bond donors (Lipinski definition) is 0. The molecule has 0 atom stereocenters. The summed E-state index contributed by atoms with van der Waals surface area (Å²) in [6, 6.07) is 1.48. The SMILES string of the molecule is Cc1c(F)ccc(F)c1S(=O)(=O)OCP(=O)(OC(C)C)OC(C)C. The molecule has 1 aromatic rings. The van der Waals surface area contributed by atoms with Gasteiger partial charge in [-0.3, -0.25) is 8.75 Å². The molecule has 10 heteroatoms. The van der Waals surface area contributed by atoms with Crippen molar-refractivity contribution >= 4 is 17.7 Å². The summed E-state index contributed by atoms with van der Waals surface area (Å²) < 4.78 is 79.2. The van der Waals surface area contributed by atoms with Gasteiger partial charge in [-0.2, -0.15) is 8.42 Å². The van der Waals surface area contributed by atoms with E-state index in [-0.39, 0.29) is 0 Å². The first-order valence-electron chi connectivity index (χ1n) is 7.18. The van der Waals surface area contributed by atoms with Crippen LogP contribution in [0.15, 0.2) is 17.0 Å². The molecule has 24 heavy (non-hydrogen) atoms. The monoisotopic (exact) mass is 386 g/mol. The topological polar surface area (TPSA) is 78.9 Å². The summed E-state index contributed by atoms with van der Waals surface area (Å²) in [7, 11) is -8.60. The van der Waals surface area contributed by atoms with Gasteiger partial charge in [0.05, 0.1) is 12.2 Å². The van der Waals surface area contributed by atoms with Crippen LogP contribution in [0.2, 0.25) is 0 Å². The highest BCUT2D eigenvalue weighted by Crippen LogP contribution is 2.51. The standard InChI is InChI=1S/C14H21F2O6PS/c1-9(2)21-23(17,22-10(3)4)8-20-24(18,19)14-11(5)12(15)6-7-13(14)16/h6-7,9-10H,8H2,1-5H3. The first-order valence-corrected chi connectivity index (χ1v) is 10.3. The fourth-order valence-corrected chi connectivity index (χ4v) is 5.29. The van der Waals surface area contributed by atoms with Crippen molar-refractivity contribution in [1.29, 1.82) is 0 Å². The Morgan fingerprint density at radius 1 is 1.04 bits per heavy atom. The lowest BCUT2D eigenvalue weighted by atomic mass is 10.2. The van der Waals surface area contributed by atoms with Crippen LogP contribution in [0, 0.1) is 18.6 Å². The Bertz CT molecular complexity index is 719. The highest BCUT2D eigenvalue weighted by atomic mass is 32.2. The van der Waals surface area contributed by atoms with Crippen LogP contribution in [-0.2, 0) is 27.9 Å². The van der Waals surface area contributed by atoms with Crippen LogP contribution in [0.25, 0.3) is 0 Å². The van der Waals surface area contributed by atoms with E-state index in [1.807, 2.05) is 0 Å². The lowest BCUT2D eigenvalue weighted by Gasteiger charge is -2.22. The molecule has 0 amide bonds. The van der Waals surface area contributed by atoms with Gasteiger partial charge in [-0.25, -0.2) is 8.78 Å². The van der Waals surface area contributed by atoms with Crippen LogP contribution in [0.3, 0.4) is 0 Å². The zero-order valence-corrected chi connectivity index (χ0v) is 15.8. The summed E-state index contributed by atoms with van der Waals surface area (Å²) in [6.07, 6.45) is -1.98. The predicted octanol–water partition coefficient (Wildman–Crippen LogP) is 3.98. The van der Waals surface area contributed by atoms with Gasteiger partial charge >= 0.3 is 17.7 Å². The predicted molar refractivity (Wildman–Crippen MR) is 84.3 cm³/mol.